The molecule has 114 valence electrons. The smallest absolute Gasteiger partial charge is 0.251 e. The Balaban J connectivity index is 1.73. The summed E-state index contributed by atoms with van der Waals surface area (Å²) in [7, 11) is 0. The van der Waals surface area contributed by atoms with Crippen molar-refractivity contribution < 1.29 is 9.59 Å². The molecule has 22 heavy (non-hydrogen) atoms. The van der Waals surface area contributed by atoms with Gasteiger partial charge in [-0.25, -0.2) is 0 Å². The van der Waals surface area contributed by atoms with Crippen LogP contribution < -0.4 is 10.6 Å². The van der Waals surface area contributed by atoms with Crippen LogP contribution in [0, 0.1) is 0 Å². The van der Waals surface area contributed by atoms with Crippen molar-refractivity contribution in [2.75, 3.05) is 6.54 Å². The van der Waals surface area contributed by atoms with Gasteiger partial charge < -0.3 is 10.6 Å². The molecular formula is C17H19N3O2. The number of pyridine rings is 1. The zero-order valence-electron chi connectivity index (χ0n) is 12.5. The Morgan fingerprint density at radius 1 is 1.09 bits per heavy atom. The van der Waals surface area contributed by atoms with Gasteiger partial charge >= 0.3 is 0 Å². The van der Waals surface area contributed by atoms with E-state index in [1.54, 1.807) is 36.7 Å². The molecule has 2 rings (SSSR count). The molecule has 0 aliphatic heterocycles. The van der Waals surface area contributed by atoms with Crippen molar-refractivity contribution in [3.05, 3.63) is 66.0 Å². The fraction of sp³-hybridized carbons (Fsp3) is 0.235. The van der Waals surface area contributed by atoms with Gasteiger partial charge in [0.15, 0.2) is 0 Å². The predicted molar refractivity (Wildman–Crippen MR) is 84.2 cm³/mol. The molecule has 2 amide bonds. The molecule has 0 spiro atoms. The number of aromatic nitrogens is 1. The molecule has 0 bridgehead atoms. The van der Waals surface area contributed by atoms with Crippen molar-refractivity contribution in [2.45, 2.75) is 19.4 Å². The topological polar surface area (TPSA) is 71.1 Å². The lowest BCUT2D eigenvalue weighted by Crippen LogP contribution is -2.32. The summed E-state index contributed by atoms with van der Waals surface area (Å²) in [6.45, 7) is 2.22. The lowest BCUT2D eigenvalue weighted by atomic mass is 10.1. The second kappa shape index (κ2) is 7.93. The highest BCUT2D eigenvalue weighted by Crippen LogP contribution is 2.09. The second-order valence-corrected chi connectivity index (χ2v) is 4.94. The average molecular weight is 297 g/mol. The number of hydrogen-bond acceptors (Lipinski definition) is 3. The lowest BCUT2D eigenvalue weighted by molar-refractivity contribution is -0.121. The molecule has 2 N–H and O–H groups in total. The molecule has 1 heterocycles. The van der Waals surface area contributed by atoms with Gasteiger partial charge in [-0.15, -0.1) is 0 Å². The van der Waals surface area contributed by atoms with E-state index in [4.69, 9.17) is 0 Å². The Morgan fingerprint density at radius 3 is 2.45 bits per heavy atom. The van der Waals surface area contributed by atoms with E-state index in [1.165, 1.54) is 0 Å². The molecule has 2 aromatic rings. The third-order valence-corrected chi connectivity index (χ3v) is 3.26. The number of nitrogens with one attached hydrogen (secondary N) is 2. The maximum absolute atomic E-state index is 11.9. The van der Waals surface area contributed by atoms with Gasteiger partial charge in [-0.2, -0.15) is 0 Å². The summed E-state index contributed by atoms with van der Waals surface area (Å²) in [4.78, 5) is 27.6. The summed E-state index contributed by atoms with van der Waals surface area (Å²) in [5, 5.41) is 5.62. The van der Waals surface area contributed by atoms with E-state index in [0.717, 1.165) is 5.56 Å². The Labute approximate surface area is 129 Å². The Bertz CT molecular complexity index is 614. The third kappa shape index (κ3) is 4.70. The highest BCUT2D eigenvalue weighted by molar-refractivity contribution is 5.94. The molecule has 0 saturated heterocycles. The molecule has 0 radical (unpaired) electrons. The van der Waals surface area contributed by atoms with Gasteiger partial charge in [0.25, 0.3) is 5.91 Å². The zero-order chi connectivity index (χ0) is 15.8. The standard InChI is InChI=1S/C17H19N3O2/c1-13(14-7-10-18-11-8-14)20-16(21)9-12-19-17(22)15-5-3-2-4-6-15/h2-8,10-11,13H,9,12H2,1H3,(H,19,22)(H,20,21). The van der Waals surface area contributed by atoms with Crippen molar-refractivity contribution >= 4 is 11.8 Å². The normalized spacial score (nSPS) is 11.5. The second-order valence-electron chi connectivity index (χ2n) is 4.94. The fourth-order valence-electron chi connectivity index (χ4n) is 2.03. The first kappa shape index (κ1) is 15.7. The van der Waals surface area contributed by atoms with Gasteiger partial charge in [0.1, 0.15) is 0 Å². The van der Waals surface area contributed by atoms with Crippen molar-refractivity contribution in [3.63, 3.8) is 0 Å². The van der Waals surface area contributed by atoms with Gasteiger partial charge in [-0.1, -0.05) is 18.2 Å². The minimum Gasteiger partial charge on any atom is -0.352 e. The van der Waals surface area contributed by atoms with E-state index in [0.29, 0.717) is 12.1 Å². The summed E-state index contributed by atoms with van der Waals surface area (Å²) in [6, 6.07) is 12.6. The van der Waals surface area contributed by atoms with Crippen LogP contribution in [0.1, 0.15) is 35.3 Å². The fourth-order valence-corrected chi connectivity index (χ4v) is 2.03. The van der Waals surface area contributed by atoms with E-state index in [9.17, 15) is 9.59 Å². The van der Waals surface area contributed by atoms with Crippen LogP contribution in [0.4, 0.5) is 0 Å². The minimum atomic E-state index is -0.171. The number of nitrogens with zero attached hydrogens (tertiary/aromatic N) is 1. The maximum atomic E-state index is 11.9. The summed E-state index contributed by atoms with van der Waals surface area (Å²) in [5.74, 6) is -0.270. The van der Waals surface area contributed by atoms with Crippen LogP contribution in [0.15, 0.2) is 54.9 Å². The predicted octanol–water partition coefficient (Wildman–Crippen LogP) is 2.08. The number of rotatable bonds is 6. The third-order valence-electron chi connectivity index (χ3n) is 3.26. The Hall–Kier alpha value is -2.69. The first-order valence-electron chi connectivity index (χ1n) is 7.19. The number of carbonyl (C=O) groups excluding carboxylic acids is 2. The van der Waals surface area contributed by atoms with Crippen LogP contribution in [0.3, 0.4) is 0 Å². The van der Waals surface area contributed by atoms with E-state index in [-0.39, 0.29) is 24.3 Å². The monoisotopic (exact) mass is 297 g/mol. The highest BCUT2D eigenvalue weighted by Gasteiger charge is 2.10. The summed E-state index contributed by atoms with van der Waals surface area (Å²) in [5.41, 5.74) is 1.59. The lowest BCUT2D eigenvalue weighted by Gasteiger charge is -2.14. The zero-order valence-corrected chi connectivity index (χ0v) is 12.5. The first-order chi connectivity index (χ1) is 10.7. The van der Waals surface area contributed by atoms with Gasteiger partial charge in [0, 0.05) is 30.9 Å². The van der Waals surface area contributed by atoms with Gasteiger partial charge in [-0.3, -0.25) is 14.6 Å². The van der Waals surface area contributed by atoms with Crippen molar-refractivity contribution in [2.24, 2.45) is 0 Å². The highest BCUT2D eigenvalue weighted by atomic mass is 16.2. The molecule has 1 aromatic heterocycles. The number of amides is 2. The van der Waals surface area contributed by atoms with Crippen LogP contribution in [0.2, 0.25) is 0 Å². The molecule has 1 atom stereocenters. The maximum Gasteiger partial charge on any atom is 0.251 e. The van der Waals surface area contributed by atoms with Crippen LogP contribution in [0.5, 0.6) is 0 Å². The molecule has 5 nitrogen and oxygen atoms in total. The van der Waals surface area contributed by atoms with Gasteiger partial charge in [0.2, 0.25) is 5.91 Å². The average Bonchev–Trinajstić information content (AvgIpc) is 2.56. The number of carbonyl (C=O) groups is 2. The van der Waals surface area contributed by atoms with E-state index < -0.39 is 0 Å². The summed E-state index contributed by atoms with van der Waals surface area (Å²) >= 11 is 0. The van der Waals surface area contributed by atoms with Crippen molar-refractivity contribution in [1.29, 1.82) is 0 Å². The Kier molecular flexibility index (Phi) is 5.65. The summed E-state index contributed by atoms with van der Waals surface area (Å²) < 4.78 is 0. The van der Waals surface area contributed by atoms with E-state index >= 15 is 0 Å². The van der Waals surface area contributed by atoms with Crippen LogP contribution in [-0.4, -0.2) is 23.3 Å². The molecule has 1 unspecified atom stereocenters. The molecule has 0 aliphatic rings. The first-order valence-corrected chi connectivity index (χ1v) is 7.19. The number of benzene rings is 1. The van der Waals surface area contributed by atoms with Crippen LogP contribution in [-0.2, 0) is 4.79 Å². The van der Waals surface area contributed by atoms with E-state index in [2.05, 4.69) is 15.6 Å². The minimum absolute atomic E-state index is 0.0830. The van der Waals surface area contributed by atoms with Crippen LogP contribution in [0.25, 0.3) is 0 Å². The molecule has 1 aromatic carbocycles. The SMILES string of the molecule is CC(NC(=O)CCNC(=O)c1ccccc1)c1ccncc1. The number of hydrogen-bond donors (Lipinski definition) is 2. The molecular weight excluding hydrogens is 278 g/mol. The molecule has 5 heteroatoms. The van der Waals surface area contributed by atoms with Crippen molar-refractivity contribution in [3.8, 4) is 0 Å². The van der Waals surface area contributed by atoms with Gasteiger partial charge in [-0.05, 0) is 36.8 Å². The van der Waals surface area contributed by atoms with Crippen LogP contribution >= 0.6 is 0 Å². The quantitative estimate of drug-likeness (QED) is 0.857. The molecule has 0 fully saturated rings. The van der Waals surface area contributed by atoms with Gasteiger partial charge in [0.05, 0.1) is 6.04 Å². The Morgan fingerprint density at radius 2 is 1.77 bits per heavy atom. The summed E-state index contributed by atoms with van der Waals surface area (Å²) in [6.07, 6.45) is 3.63. The van der Waals surface area contributed by atoms with Crippen molar-refractivity contribution in [1.82, 2.24) is 15.6 Å². The van der Waals surface area contributed by atoms with E-state index in [1.807, 2.05) is 25.1 Å². The molecule has 0 aliphatic carbocycles. The molecule has 0 saturated carbocycles. The largest absolute Gasteiger partial charge is 0.352 e.